The zero-order valence-corrected chi connectivity index (χ0v) is 10.5. The van der Waals surface area contributed by atoms with Gasteiger partial charge in [0, 0.05) is 31.4 Å². The first kappa shape index (κ1) is 11.8. The van der Waals surface area contributed by atoms with Gasteiger partial charge < -0.3 is 5.32 Å². The topological polar surface area (TPSA) is 41.1 Å². The molecule has 1 aliphatic rings. The minimum atomic E-state index is 0.533. The van der Waals surface area contributed by atoms with Gasteiger partial charge in [-0.15, -0.1) is 0 Å². The molecule has 4 nitrogen and oxygen atoms in total. The highest BCUT2D eigenvalue weighted by atomic mass is 35.5. The average molecular weight is 241 g/mol. The summed E-state index contributed by atoms with van der Waals surface area (Å²) in [7, 11) is 0. The van der Waals surface area contributed by atoms with Crippen LogP contribution in [0.5, 0.6) is 0 Å². The molecule has 0 saturated carbocycles. The Balaban J connectivity index is 2.02. The smallest absolute Gasteiger partial charge is 0.144 e. The van der Waals surface area contributed by atoms with E-state index in [4.69, 9.17) is 11.6 Å². The molecule has 0 radical (unpaired) electrons. The minimum absolute atomic E-state index is 0.533. The number of nitrogens with zero attached hydrogens (tertiary/aromatic N) is 3. The van der Waals surface area contributed by atoms with Crippen LogP contribution < -0.4 is 5.32 Å². The predicted octanol–water partition coefficient (Wildman–Crippen LogP) is 1.23. The van der Waals surface area contributed by atoms with Gasteiger partial charge in [0.05, 0.1) is 6.54 Å². The molecule has 0 unspecified atom stereocenters. The summed E-state index contributed by atoms with van der Waals surface area (Å²) >= 11 is 5.91. The second-order valence-electron chi connectivity index (χ2n) is 4.34. The van der Waals surface area contributed by atoms with E-state index in [1.165, 1.54) is 0 Å². The van der Waals surface area contributed by atoms with Crippen molar-refractivity contribution in [3.63, 3.8) is 0 Å². The summed E-state index contributed by atoms with van der Waals surface area (Å²) in [5, 5.41) is 3.94. The van der Waals surface area contributed by atoms with Crippen LogP contribution in [0.25, 0.3) is 0 Å². The highest BCUT2D eigenvalue weighted by molar-refractivity contribution is 6.29. The largest absolute Gasteiger partial charge is 0.312 e. The summed E-state index contributed by atoms with van der Waals surface area (Å²) in [4.78, 5) is 11.0. The standard InChI is InChI=1S/C11H17ClN4/c1-8-5-10(12)15-11(14-8)7-16-4-3-13-9(2)6-16/h5,9,13H,3-4,6-7H2,1-2H3/t9-/m0/s1. The molecule has 1 fully saturated rings. The molecule has 1 saturated heterocycles. The van der Waals surface area contributed by atoms with Crippen molar-refractivity contribution in [1.29, 1.82) is 0 Å². The number of hydrogen-bond acceptors (Lipinski definition) is 4. The van der Waals surface area contributed by atoms with Crippen molar-refractivity contribution in [2.75, 3.05) is 19.6 Å². The third-order valence-electron chi connectivity index (χ3n) is 2.69. The Bertz CT molecular complexity index is 349. The second kappa shape index (κ2) is 5.08. The SMILES string of the molecule is Cc1cc(Cl)nc(CN2CCN[C@@H](C)C2)n1. The van der Waals surface area contributed by atoms with Crippen LogP contribution in [0.1, 0.15) is 18.4 Å². The predicted molar refractivity (Wildman–Crippen MR) is 64.5 cm³/mol. The molecule has 0 aliphatic carbocycles. The van der Waals surface area contributed by atoms with Crippen LogP contribution in [0.4, 0.5) is 0 Å². The molecule has 1 N–H and O–H groups in total. The van der Waals surface area contributed by atoms with E-state index in [2.05, 4.69) is 27.1 Å². The van der Waals surface area contributed by atoms with Crippen LogP contribution in [0, 0.1) is 6.92 Å². The summed E-state index contributed by atoms with van der Waals surface area (Å²) in [5.41, 5.74) is 0.929. The molecule has 2 heterocycles. The van der Waals surface area contributed by atoms with Crippen LogP contribution in [-0.4, -0.2) is 40.5 Å². The molecule has 16 heavy (non-hydrogen) atoms. The molecule has 0 spiro atoms. The van der Waals surface area contributed by atoms with Gasteiger partial charge in [0.25, 0.3) is 0 Å². The molecule has 1 aliphatic heterocycles. The first-order chi connectivity index (χ1) is 7.63. The van der Waals surface area contributed by atoms with E-state index in [1.54, 1.807) is 6.07 Å². The summed E-state index contributed by atoms with van der Waals surface area (Å²) in [6.07, 6.45) is 0. The molecular formula is C11H17ClN4. The van der Waals surface area contributed by atoms with Gasteiger partial charge in [-0.25, -0.2) is 9.97 Å². The fourth-order valence-electron chi connectivity index (χ4n) is 2.02. The van der Waals surface area contributed by atoms with E-state index in [0.717, 1.165) is 37.7 Å². The molecule has 1 atom stereocenters. The maximum absolute atomic E-state index is 5.91. The Hall–Kier alpha value is -0.710. The first-order valence-electron chi connectivity index (χ1n) is 5.59. The van der Waals surface area contributed by atoms with Crippen molar-refractivity contribution in [3.8, 4) is 0 Å². The lowest BCUT2D eigenvalue weighted by Crippen LogP contribution is -2.48. The molecule has 0 bridgehead atoms. The number of hydrogen-bond donors (Lipinski definition) is 1. The van der Waals surface area contributed by atoms with Crippen molar-refractivity contribution in [1.82, 2.24) is 20.2 Å². The Kier molecular flexibility index (Phi) is 3.74. The molecule has 2 rings (SSSR count). The van der Waals surface area contributed by atoms with Crippen LogP contribution >= 0.6 is 11.6 Å². The lowest BCUT2D eigenvalue weighted by atomic mass is 10.2. The molecule has 0 amide bonds. The molecule has 5 heteroatoms. The third kappa shape index (κ3) is 3.14. The van der Waals surface area contributed by atoms with Crippen molar-refractivity contribution in [3.05, 3.63) is 22.7 Å². The van der Waals surface area contributed by atoms with Gasteiger partial charge in [-0.3, -0.25) is 4.90 Å². The third-order valence-corrected chi connectivity index (χ3v) is 2.88. The molecule has 88 valence electrons. The number of piperazine rings is 1. The van der Waals surface area contributed by atoms with Crippen molar-refractivity contribution >= 4 is 11.6 Å². The number of nitrogens with one attached hydrogen (secondary N) is 1. The van der Waals surface area contributed by atoms with Gasteiger partial charge in [0.15, 0.2) is 0 Å². The maximum Gasteiger partial charge on any atom is 0.144 e. The monoisotopic (exact) mass is 240 g/mol. The molecular weight excluding hydrogens is 224 g/mol. The van der Waals surface area contributed by atoms with Crippen LogP contribution in [-0.2, 0) is 6.54 Å². The fraction of sp³-hybridized carbons (Fsp3) is 0.636. The quantitative estimate of drug-likeness (QED) is 0.790. The van der Waals surface area contributed by atoms with Gasteiger partial charge in [0.2, 0.25) is 0 Å². The summed E-state index contributed by atoms with van der Waals surface area (Å²) in [6.45, 7) is 8.02. The van der Waals surface area contributed by atoms with Gasteiger partial charge in [-0.05, 0) is 19.9 Å². The number of rotatable bonds is 2. The lowest BCUT2D eigenvalue weighted by molar-refractivity contribution is 0.195. The van der Waals surface area contributed by atoms with E-state index in [9.17, 15) is 0 Å². The van der Waals surface area contributed by atoms with Crippen LogP contribution in [0.2, 0.25) is 5.15 Å². The lowest BCUT2D eigenvalue weighted by Gasteiger charge is -2.31. The Morgan fingerprint density at radius 1 is 1.56 bits per heavy atom. The summed E-state index contributed by atoms with van der Waals surface area (Å²) < 4.78 is 0. The molecule has 1 aromatic heterocycles. The highest BCUT2D eigenvalue weighted by Gasteiger charge is 2.16. The minimum Gasteiger partial charge on any atom is -0.312 e. The second-order valence-corrected chi connectivity index (χ2v) is 4.73. The highest BCUT2D eigenvalue weighted by Crippen LogP contribution is 2.09. The van der Waals surface area contributed by atoms with E-state index < -0.39 is 0 Å². The van der Waals surface area contributed by atoms with Gasteiger partial charge in [-0.2, -0.15) is 0 Å². The number of aryl methyl sites for hydroxylation is 1. The average Bonchev–Trinajstić information content (AvgIpc) is 2.15. The van der Waals surface area contributed by atoms with Crippen LogP contribution in [0.3, 0.4) is 0 Å². The summed E-state index contributed by atoms with van der Waals surface area (Å²) in [6, 6.07) is 2.32. The first-order valence-corrected chi connectivity index (χ1v) is 5.97. The van der Waals surface area contributed by atoms with E-state index >= 15 is 0 Å². The fourth-order valence-corrected chi connectivity index (χ4v) is 2.27. The molecule has 1 aromatic rings. The Labute approximate surface area is 101 Å². The maximum atomic E-state index is 5.91. The molecule has 0 aromatic carbocycles. The van der Waals surface area contributed by atoms with E-state index in [1.807, 2.05) is 6.92 Å². The van der Waals surface area contributed by atoms with Crippen LogP contribution in [0.15, 0.2) is 6.07 Å². The summed E-state index contributed by atoms with van der Waals surface area (Å²) in [5.74, 6) is 0.819. The van der Waals surface area contributed by atoms with Crippen molar-refractivity contribution in [2.45, 2.75) is 26.4 Å². The van der Waals surface area contributed by atoms with Crippen molar-refractivity contribution < 1.29 is 0 Å². The Morgan fingerprint density at radius 3 is 3.06 bits per heavy atom. The van der Waals surface area contributed by atoms with E-state index in [-0.39, 0.29) is 0 Å². The van der Waals surface area contributed by atoms with Gasteiger partial charge >= 0.3 is 0 Å². The normalized spacial score (nSPS) is 22.3. The number of halogens is 1. The van der Waals surface area contributed by atoms with Gasteiger partial charge in [-0.1, -0.05) is 11.6 Å². The zero-order chi connectivity index (χ0) is 11.5. The Morgan fingerprint density at radius 2 is 2.38 bits per heavy atom. The number of aromatic nitrogens is 2. The van der Waals surface area contributed by atoms with E-state index in [0.29, 0.717) is 11.2 Å². The zero-order valence-electron chi connectivity index (χ0n) is 9.70. The van der Waals surface area contributed by atoms with Gasteiger partial charge in [0.1, 0.15) is 11.0 Å². The van der Waals surface area contributed by atoms with Crippen molar-refractivity contribution in [2.24, 2.45) is 0 Å².